The van der Waals surface area contributed by atoms with Gasteiger partial charge in [0.15, 0.2) is 0 Å². The van der Waals surface area contributed by atoms with Gasteiger partial charge < -0.3 is 10.2 Å². The van der Waals surface area contributed by atoms with E-state index in [-0.39, 0.29) is 5.02 Å². The Labute approximate surface area is 150 Å². The molecule has 1 N–H and O–H groups in total. The molecule has 3 rings (SSSR count). The normalized spacial score (nSPS) is 10.5. The molecule has 0 aliphatic carbocycles. The van der Waals surface area contributed by atoms with E-state index in [2.05, 4.69) is 20.3 Å². The number of hydrogen-bond acceptors (Lipinski definition) is 5. The number of hydrogen-bond donors (Lipinski definition) is 1. The van der Waals surface area contributed by atoms with Crippen molar-refractivity contribution < 1.29 is 4.39 Å². The molecule has 0 saturated heterocycles. The van der Waals surface area contributed by atoms with Gasteiger partial charge in [0.05, 0.1) is 5.02 Å². The summed E-state index contributed by atoms with van der Waals surface area (Å²) in [7, 11) is 1.97. The standard InChI is InChI=1S/C18H17ClFN5/c1-25(9-6-13-4-7-21-8-5-13)18-11-17(22-12-23-18)24-14-2-3-16(20)15(19)10-14/h2-5,7-8,10-12H,6,9H2,1H3,(H,22,23,24). The molecule has 0 aliphatic rings. The number of anilines is 3. The number of nitrogens with one attached hydrogen (secondary N) is 1. The fourth-order valence-corrected chi connectivity index (χ4v) is 2.49. The lowest BCUT2D eigenvalue weighted by Gasteiger charge is -2.18. The molecule has 7 heteroatoms. The number of nitrogens with zero attached hydrogens (tertiary/aromatic N) is 4. The molecular formula is C18H17ClFN5. The van der Waals surface area contributed by atoms with Gasteiger partial charge in [0.2, 0.25) is 0 Å². The highest BCUT2D eigenvalue weighted by Crippen LogP contribution is 2.23. The van der Waals surface area contributed by atoms with E-state index in [0.717, 1.165) is 18.8 Å². The van der Waals surface area contributed by atoms with Gasteiger partial charge in [-0.1, -0.05) is 11.6 Å². The zero-order chi connectivity index (χ0) is 17.6. The Morgan fingerprint density at radius 3 is 2.68 bits per heavy atom. The minimum Gasteiger partial charge on any atom is -0.359 e. The van der Waals surface area contributed by atoms with Gasteiger partial charge in [-0.15, -0.1) is 0 Å². The quantitative estimate of drug-likeness (QED) is 0.720. The lowest BCUT2D eigenvalue weighted by molar-refractivity contribution is 0.628. The van der Waals surface area contributed by atoms with E-state index in [4.69, 9.17) is 11.6 Å². The molecule has 0 fully saturated rings. The first-order valence-electron chi connectivity index (χ1n) is 7.76. The fourth-order valence-electron chi connectivity index (χ4n) is 2.31. The van der Waals surface area contributed by atoms with E-state index in [9.17, 15) is 4.39 Å². The summed E-state index contributed by atoms with van der Waals surface area (Å²) in [6.45, 7) is 0.808. The van der Waals surface area contributed by atoms with Crippen molar-refractivity contribution in [3.8, 4) is 0 Å². The summed E-state index contributed by atoms with van der Waals surface area (Å²) in [5.41, 5.74) is 1.88. The summed E-state index contributed by atoms with van der Waals surface area (Å²) in [5.74, 6) is 0.953. The largest absolute Gasteiger partial charge is 0.359 e. The highest BCUT2D eigenvalue weighted by molar-refractivity contribution is 6.31. The smallest absolute Gasteiger partial charge is 0.141 e. The third-order valence-electron chi connectivity index (χ3n) is 3.72. The van der Waals surface area contributed by atoms with Crippen LogP contribution < -0.4 is 10.2 Å². The maximum absolute atomic E-state index is 13.2. The van der Waals surface area contributed by atoms with Gasteiger partial charge in [0.1, 0.15) is 23.8 Å². The SMILES string of the molecule is CN(CCc1ccncc1)c1cc(Nc2ccc(F)c(Cl)c2)ncn1. The Kier molecular flexibility index (Phi) is 5.40. The van der Waals surface area contributed by atoms with Crippen LogP contribution >= 0.6 is 11.6 Å². The molecular weight excluding hydrogens is 341 g/mol. The van der Waals surface area contributed by atoms with Crippen LogP contribution in [-0.4, -0.2) is 28.5 Å². The first-order chi connectivity index (χ1) is 12.1. The number of rotatable bonds is 6. The molecule has 2 heterocycles. The lowest BCUT2D eigenvalue weighted by atomic mass is 10.2. The number of halogens is 2. The highest BCUT2D eigenvalue weighted by atomic mass is 35.5. The van der Waals surface area contributed by atoms with Crippen molar-refractivity contribution in [3.63, 3.8) is 0 Å². The first kappa shape index (κ1) is 17.1. The zero-order valence-corrected chi connectivity index (χ0v) is 14.4. The van der Waals surface area contributed by atoms with Crippen LogP contribution in [0.25, 0.3) is 0 Å². The van der Waals surface area contributed by atoms with Crippen LogP contribution in [0.5, 0.6) is 0 Å². The Morgan fingerprint density at radius 1 is 1.12 bits per heavy atom. The molecule has 0 atom stereocenters. The Hall–Kier alpha value is -2.73. The summed E-state index contributed by atoms with van der Waals surface area (Å²) in [4.78, 5) is 14.6. The van der Waals surface area contributed by atoms with Gasteiger partial charge in [-0.3, -0.25) is 4.98 Å². The second-order valence-electron chi connectivity index (χ2n) is 5.54. The van der Waals surface area contributed by atoms with Gasteiger partial charge in [-0.2, -0.15) is 0 Å². The van der Waals surface area contributed by atoms with E-state index in [1.54, 1.807) is 18.5 Å². The fraction of sp³-hybridized carbons (Fsp3) is 0.167. The number of pyridine rings is 1. The average molecular weight is 358 g/mol. The van der Waals surface area contributed by atoms with E-state index in [1.165, 1.54) is 24.0 Å². The predicted octanol–water partition coefficient (Wildman–Crippen LogP) is 4.09. The van der Waals surface area contributed by atoms with Crippen molar-refractivity contribution in [2.24, 2.45) is 0 Å². The second-order valence-corrected chi connectivity index (χ2v) is 5.95. The molecule has 0 saturated carbocycles. The third kappa shape index (κ3) is 4.64. The van der Waals surface area contributed by atoms with Gasteiger partial charge in [0.25, 0.3) is 0 Å². The molecule has 0 amide bonds. The van der Waals surface area contributed by atoms with E-state index in [1.807, 2.05) is 30.1 Å². The maximum atomic E-state index is 13.2. The Balaban J connectivity index is 1.66. The number of benzene rings is 1. The number of likely N-dealkylation sites (N-methyl/N-ethyl adjacent to an activating group) is 1. The van der Waals surface area contributed by atoms with Crippen LogP contribution in [0.3, 0.4) is 0 Å². The molecule has 0 aliphatic heterocycles. The van der Waals surface area contributed by atoms with E-state index < -0.39 is 5.82 Å². The van der Waals surface area contributed by atoms with Crippen LogP contribution in [-0.2, 0) is 6.42 Å². The minimum absolute atomic E-state index is 0.0637. The van der Waals surface area contributed by atoms with Crippen LogP contribution in [0.15, 0.2) is 55.1 Å². The molecule has 3 aromatic rings. The zero-order valence-electron chi connectivity index (χ0n) is 13.7. The highest BCUT2D eigenvalue weighted by Gasteiger charge is 2.06. The van der Waals surface area contributed by atoms with Crippen LogP contribution in [0.1, 0.15) is 5.56 Å². The summed E-state index contributed by atoms with van der Waals surface area (Å²) < 4.78 is 13.2. The first-order valence-corrected chi connectivity index (χ1v) is 8.14. The molecule has 5 nitrogen and oxygen atoms in total. The monoisotopic (exact) mass is 357 g/mol. The van der Waals surface area contributed by atoms with E-state index in [0.29, 0.717) is 11.5 Å². The van der Waals surface area contributed by atoms with Crippen molar-refractivity contribution in [1.82, 2.24) is 15.0 Å². The van der Waals surface area contributed by atoms with Crippen molar-refractivity contribution in [1.29, 1.82) is 0 Å². The average Bonchev–Trinajstić information content (AvgIpc) is 2.64. The Bertz CT molecular complexity index is 844. The van der Waals surface area contributed by atoms with E-state index >= 15 is 0 Å². The molecule has 0 radical (unpaired) electrons. The summed E-state index contributed by atoms with van der Waals surface area (Å²) in [6, 6.07) is 10.3. The molecule has 0 spiro atoms. The van der Waals surface area contributed by atoms with Crippen molar-refractivity contribution in [2.45, 2.75) is 6.42 Å². The molecule has 25 heavy (non-hydrogen) atoms. The molecule has 0 bridgehead atoms. The second kappa shape index (κ2) is 7.90. The third-order valence-corrected chi connectivity index (χ3v) is 4.01. The topological polar surface area (TPSA) is 53.9 Å². The van der Waals surface area contributed by atoms with Crippen molar-refractivity contribution >= 4 is 28.9 Å². The van der Waals surface area contributed by atoms with Gasteiger partial charge >= 0.3 is 0 Å². The number of aromatic nitrogens is 3. The summed E-state index contributed by atoms with van der Waals surface area (Å²) >= 11 is 5.80. The summed E-state index contributed by atoms with van der Waals surface area (Å²) in [6.07, 6.45) is 5.96. The summed E-state index contributed by atoms with van der Waals surface area (Å²) in [5, 5.41) is 3.17. The molecule has 1 aromatic carbocycles. The molecule has 0 unspecified atom stereocenters. The minimum atomic E-state index is -0.452. The van der Waals surface area contributed by atoms with Gasteiger partial charge in [-0.25, -0.2) is 14.4 Å². The van der Waals surface area contributed by atoms with Crippen LogP contribution in [0.4, 0.5) is 21.7 Å². The van der Waals surface area contributed by atoms with Crippen molar-refractivity contribution in [2.75, 3.05) is 23.8 Å². The maximum Gasteiger partial charge on any atom is 0.141 e. The predicted molar refractivity (Wildman–Crippen MR) is 97.9 cm³/mol. The van der Waals surface area contributed by atoms with Gasteiger partial charge in [0, 0.05) is 37.7 Å². The van der Waals surface area contributed by atoms with Crippen molar-refractivity contribution in [3.05, 3.63) is 71.5 Å². The molecule has 2 aromatic heterocycles. The van der Waals surface area contributed by atoms with Gasteiger partial charge in [-0.05, 0) is 42.3 Å². The van der Waals surface area contributed by atoms with Crippen LogP contribution in [0, 0.1) is 5.82 Å². The lowest BCUT2D eigenvalue weighted by Crippen LogP contribution is -2.21. The Morgan fingerprint density at radius 2 is 1.92 bits per heavy atom. The van der Waals surface area contributed by atoms with Crippen LogP contribution in [0.2, 0.25) is 5.02 Å². The molecule has 128 valence electrons.